The van der Waals surface area contributed by atoms with Crippen molar-refractivity contribution in [3.63, 3.8) is 0 Å². The number of hydrogen-bond donors (Lipinski definition) is 2. The van der Waals surface area contributed by atoms with Gasteiger partial charge in [0.05, 0.1) is 12.5 Å². The van der Waals surface area contributed by atoms with Crippen molar-refractivity contribution in [2.24, 2.45) is 5.92 Å². The molecule has 1 saturated heterocycles. The van der Waals surface area contributed by atoms with Gasteiger partial charge in [-0.25, -0.2) is 9.59 Å². The zero-order valence-corrected chi connectivity index (χ0v) is 14.6. The fourth-order valence-electron chi connectivity index (χ4n) is 2.54. The van der Waals surface area contributed by atoms with Crippen LogP contribution in [0.25, 0.3) is 0 Å². The van der Waals surface area contributed by atoms with Crippen molar-refractivity contribution in [1.29, 1.82) is 0 Å². The molecule has 0 aliphatic carbocycles. The van der Waals surface area contributed by atoms with E-state index in [9.17, 15) is 4.79 Å². The van der Waals surface area contributed by atoms with Crippen LogP contribution in [0.15, 0.2) is 24.3 Å². The Bertz CT molecular complexity index is 564. The Morgan fingerprint density at radius 2 is 1.60 bits per heavy atom. The summed E-state index contributed by atoms with van der Waals surface area (Å²) in [6.45, 7) is 7.41. The Morgan fingerprint density at radius 3 is 2.04 bits per heavy atom. The molecule has 1 heterocycles. The van der Waals surface area contributed by atoms with Crippen LogP contribution in [0.1, 0.15) is 30.9 Å². The predicted octanol–water partition coefficient (Wildman–Crippen LogP) is 1.93. The smallest absolute Gasteiger partial charge is 0.414 e. The number of esters is 1. The summed E-state index contributed by atoms with van der Waals surface area (Å²) in [5, 5.41) is 14.8. The number of piperidine rings is 1. The molecular weight excluding hydrogens is 326 g/mol. The number of aryl methyl sites for hydroxylation is 1. The first-order chi connectivity index (χ1) is 11.8. The van der Waals surface area contributed by atoms with E-state index in [2.05, 4.69) is 36.1 Å². The second-order valence-electron chi connectivity index (χ2n) is 5.90. The van der Waals surface area contributed by atoms with E-state index in [1.807, 2.05) is 6.92 Å². The summed E-state index contributed by atoms with van der Waals surface area (Å²) in [7, 11) is 0. The lowest BCUT2D eigenvalue weighted by molar-refractivity contribution is -0.159. The number of aliphatic carboxylic acids is 2. The minimum absolute atomic E-state index is 0.0162. The molecule has 1 aliphatic heterocycles. The number of hydrogen-bond acceptors (Lipinski definition) is 5. The lowest BCUT2D eigenvalue weighted by Gasteiger charge is -2.30. The summed E-state index contributed by atoms with van der Waals surface area (Å²) in [6, 6.07) is 8.68. The van der Waals surface area contributed by atoms with E-state index in [1.165, 1.54) is 11.1 Å². The largest absolute Gasteiger partial charge is 0.473 e. The van der Waals surface area contributed by atoms with Gasteiger partial charge in [-0.1, -0.05) is 29.8 Å². The molecule has 2 rings (SSSR count). The normalized spacial score (nSPS) is 15.0. The van der Waals surface area contributed by atoms with E-state index in [-0.39, 0.29) is 11.9 Å². The second kappa shape index (κ2) is 10.5. The number of carboxylic acids is 2. The van der Waals surface area contributed by atoms with E-state index in [4.69, 9.17) is 24.5 Å². The monoisotopic (exact) mass is 351 g/mol. The van der Waals surface area contributed by atoms with E-state index in [0.29, 0.717) is 6.61 Å². The maximum atomic E-state index is 11.7. The number of nitrogens with zero attached hydrogens (tertiary/aromatic N) is 1. The van der Waals surface area contributed by atoms with E-state index < -0.39 is 11.9 Å². The van der Waals surface area contributed by atoms with Gasteiger partial charge in [-0.15, -0.1) is 0 Å². The number of rotatable bonds is 4. The van der Waals surface area contributed by atoms with E-state index in [0.717, 1.165) is 32.5 Å². The van der Waals surface area contributed by atoms with Crippen molar-refractivity contribution in [3.05, 3.63) is 35.4 Å². The lowest BCUT2D eigenvalue weighted by atomic mass is 9.96. The van der Waals surface area contributed by atoms with Crippen LogP contribution in [0.5, 0.6) is 0 Å². The molecule has 138 valence electrons. The van der Waals surface area contributed by atoms with Gasteiger partial charge >= 0.3 is 17.9 Å². The molecule has 0 aromatic heterocycles. The topological polar surface area (TPSA) is 104 Å². The van der Waals surface area contributed by atoms with Crippen molar-refractivity contribution >= 4 is 17.9 Å². The molecule has 1 aromatic rings. The highest BCUT2D eigenvalue weighted by molar-refractivity contribution is 6.27. The average Bonchev–Trinajstić information content (AvgIpc) is 2.58. The molecule has 0 unspecified atom stereocenters. The predicted molar refractivity (Wildman–Crippen MR) is 91.1 cm³/mol. The Hall–Kier alpha value is -2.41. The van der Waals surface area contributed by atoms with Gasteiger partial charge in [0.15, 0.2) is 0 Å². The zero-order valence-electron chi connectivity index (χ0n) is 14.6. The summed E-state index contributed by atoms with van der Waals surface area (Å²) >= 11 is 0. The van der Waals surface area contributed by atoms with Crippen LogP contribution < -0.4 is 0 Å². The molecule has 1 aromatic carbocycles. The quantitative estimate of drug-likeness (QED) is 0.631. The molecule has 7 heteroatoms. The van der Waals surface area contributed by atoms with E-state index >= 15 is 0 Å². The van der Waals surface area contributed by atoms with Crippen LogP contribution in [-0.2, 0) is 25.7 Å². The first-order valence-corrected chi connectivity index (χ1v) is 8.24. The molecular formula is C18H25NO6. The Labute approximate surface area is 147 Å². The maximum Gasteiger partial charge on any atom is 0.414 e. The van der Waals surface area contributed by atoms with Gasteiger partial charge in [-0.2, -0.15) is 0 Å². The molecule has 1 aliphatic rings. The van der Waals surface area contributed by atoms with Crippen molar-refractivity contribution in [1.82, 2.24) is 4.90 Å². The summed E-state index contributed by atoms with van der Waals surface area (Å²) in [5.41, 5.74) is 2.64. The number of likely N-dealkylation sites (tertiary alicyclic amines) is 1. The van der Waals surface area contributed by atoms with Gasteiger partial charge in [0.25, 0.3) is 0 Å². The Balaban J connectivity index is 0.000000450. The van der Waals surface area contributed by atoms with Crippen molar-refractivity contribution in [2.75, 3.05) is 19.7 Å². The summed E-state index contributed by atoms with van der Waals surface area (Å²) in [4.78, 5) is 32.3. The summed E-state index contributed by atoms with van der Waals surface area (Å²) in [5.74, 6) is -3.56. The molecule has 0 spiro atoms. The second-order valence-corrected chi connectivity index (χ2v) is 5.90. The molecule has 0 amide bonds. The first-order valence-electron chi connectivity index (χ1n) is 8.24. The SMILES string of the molecule is CCOC(=O)C1CCN(Cc2ccc(C)cc2)CC1.O=C(O)C(=O)O. The van der Waals surface area contributed by atoms with Crippen LogP contribution in [0.3, 0.4) is 0 Å². The highest BCUT2D eigenvalue weighted by Gasteiger charge is 2.25. The zero-order chi connectivity index (χ0) is 18.8. The Kier molecular flexibility index (Phi) is 8.63. The minimum Gasteiger partial charge on any atom is -0.473 e. The van der Waals surface area contributed by atoms with Crippen LogP contribution >= 0.6 is 0 Å². The lowest BCUT2D eigenvalue weighted by Crippen LogP contribution is -2.36. The molecule has 0 radical (unpaired) electrons. The van der Waals surface area contributed by atoms with Crippen LogP contribution in [0, 0.1) is 12.8 Å². The molecule has 2 N–H and O–H groups in total. The van der Waals surface area contributed by atoms with Crippen LogP contribution in [-0.4, -0.2) is 52.7 Å². The maximum absolute atomic E-state index is 11.7. The van der Waals surface area contributed by atoms with Gasteiger partial charge < -0.3 is 14.9 Å². The summed E-state index contributed by atoms with van der Waals surface area (Å²) < 4.78 is 5.09. The average molecular weight is 351 g/mol. The third-order valence-electron chi connectivity index (χ3n) is 3.92. The molecule has 0 saturated carbocycles. The highest BCUT2D eigenvalue weighted by atomic mass is 16.5. The van der Waals surface area contributed by atoms with Crippen LogP contribution in [0.4, 0.5) is 0 Å². The number of ether oxygens (including phenoxy) is 1. The highest BCUT2D eigenvalue weighted by Crippen LogP contribution is 2.20. The number of carbonyl (C=O) groups excluding carboxylic acids is 1. The third kappa shape index (κ3) is 7.80. The van der Waals surface area contributed by atoms with Crippen LogP contribution in [0.2, 0.25) is 0 Å². The molecule has 25 heavy (non-hydrogen) atoms. The van der Waals surface area contributed by atoms with Crippen molar-refractivity contribution in [3.8, 4) is 0 Å². The number of carboxylic acid groups (broad SMARTS) is 2. The van der Waals surface area contributed by atoms with Gasteiger partial charge in [-0.05, 0) is 45.3 Å². The van der Waals surface area contributed by atoms with Gasteiger partial charge in [0.1, 0.15) is 0 Å². The summed E-state index contributed by atoms with van der Waals surface area (Å²) in [6.07, 6.45) is 1.84. The number of carbonyl (C=O) groups is 3. The third-order valence-corrected chi connectivity index (χ3v) is 3.92. The van der Waals surface area contributed by atoms with Gasteiger partial charge in [0.2, 0.25) is 0 Å². The Morgan fingerprint density at radius 1 is 1.08 bits per heavy atom. The standard InChI is InChI=1S/C16H23NO2.C2H2O4/c1-3-19-16(18)15-8-10-17(11-9-15)12-14-6-4-13(2)5-7-14;3-1(4)2(5)6/h4-7,15H,3,8-12H2,1-2H3;(H,3,4)(H,5,6). The fraction of sp³-hybridized carbons (Fsp3) is 0.500. The van der Waals surface area contributed by atoms with Crippen molar-refractivity contribution < 1.29 is 29.3 Å². The molecule has 0 atom stereocenters. The molecule has 1 fully saturated rings. The number of benzene rings is 1. The first kappa shape index (κ1) is 20.6. The van der Waals surface area contributed by atoms with Gasteiger partial charge in [-0.3, -0.25) is 9.69 Å². The van der Waals surface area contributed by atoms with Crippen molar-refractivity contribution in [2.45, 2.75) is 33.2 Å². The van der Waals surface area contributed by atoms with E-state index in [1.54, 1.807) is 0 Å². The minimum atomic E-state index is -1.82. The molecule has 0 bridgehead atoms. The fourth-order valence-corrected chi connectivity index (χ4v) is 2.54. The van der Waals surface area contributed by atoms with Gasteiger partial charge in [0, 0.05) is 6.54 Å². The molecule has 7 nitrogen and oxygen atoms in total.